The summed E-state index contributed by atoms with van der Waals surface area (Å²) < 4.78 is 5.12. The van der Waals surface area contributed by atoms with Crippen LogP contribution in [0.15, 0.2) is 46.1 Å². The van der Waals surface area contributed by atoms with E-state index >= 15 is 0 Å². The largest absolute Gasteiger partial charge is 0.502 e. The molecule has 0 bridgehead atoms. The monoisotopic (exact) mass is 232 g/mol. The first kappa shape index (κ1) is 11.2. The highest BCUT2D eigenvalue weighted by molar-refractivity contribution is 5.43. The lowest BCUT2D eigenvalue weighted by molar-refractivity contribution is 0.412. The molecule has 0 atom stereocenters. The minimum Gasteiger partial charge on any atom is -0.502 e. The third-order valence-electron chi connectivity index (χ3n) is 2.36. The quantitative estimate of drug-likeness (QED) is 0.865. The van der Waals surface area contributed by atoms with Crippen molar-refractivity contribution < 1.29 is 9.52 Å². The first-order valence-electron chi connectivity index (χ1n) is 5.08. The standard InChI is InChI=1S/C12H12N2O3/c1-14(9-2-4-13-5-3-9)7-10-6-11(15)12(16)8-17-10/h2-6,8,16H,7H2,1H3. The summed E-state index contributed by atoms with van der Waals surface area (Å²) >= 11 is 0. The maximum atomic E-state index is 11.2. The van der Waals surface area contributed by atoms with E-state index in [0.29, 0.717) is 12.3 Å². The van der Waals surface area contributed by atoms with Crippen molar-refractivity contribution in [2.24, 2.45) is 0 Å². The fourth-order valence-electron chi connectivity index (χ4n) is 1.45. The number of aromatic nitrogens is 1. The van der Waals surface area contributed by atoms with Gasteiger partial charge in [-0.15, -0.1) is 0 Å². The summed E-state index contributed by atoms with van der Waals surface area (Å²) in [6, 6.07) is 5.00. The summed E-state index contributed by atoms with van der Waals surface area (Å²) in [7, 11) is 1.88. The second-order valence-electron chi connectivity index (χ2n) is 3.66. The predicted octanol–water partition coefficient (Wildman–Crippen LogP) is 1.38. The summed E-state index contributed by atoms with van der Waals surface area (Å²) in [6.07, 6.45) is 4.44. The van der Waals surface area contributed by atoms with Gasteiger partial charge in [-0.25, -0.2) is 0 Å². The Morgan fingerprint density at radius 2 is 2.12 bits per heavy atom. The Morgan fingerprint density at radius 3 is 2.76 bits per heavy atom. The van der Waals surface area contributed by atoms with Crippen LogP contribution in [0.3, 0.4) is 0 Å². The van der Waals surface area contributed by atoms with Crippen LogP contribution in [-0.4, -0.2) is 17.1 Å². The summed E-state index contributed by atoms with van der Waals surface area (Å²) in [5, 5.41) is 9.07. The van der Waals surface area contributed by atoms with Crippen molar-refractivity contribution in [3.05, 3.63) is 52.8 Å². The van der Waals surface area contributed by atoms with Crippen molar-refractivity contribution in [2.75, 3.05) is 11.9 Å². The van der Waals surface area contributed by atoms with Gasteiger partial charge in [-0.3, -0.25) is 9.78 Å². The SMILES string of the molecule is CN(Cc1cc(=O)c(O)co1)c1ccncc1. The molecule has 0 spiro atoms. The summed E-state index contributed by atoms with van der Waals surface area (Å²) in [6.45, 7) is 0.444. The molecule has 0 radical (unpaired) electrons. The molecule has 1 N–H and O–H groups in total. The zero-order valence-corrected chi connectivity index (χ0v) is 9.33. The molecule has 0 saturated carbocycles. The lowest BCUT2D eigenvalue weighted by atomic mass is 10.3. The second-order valence-corrected chi connectivity index (χ2v) is 3.66. The third kappa shape index (κ3) is 2.63. The number of aromatic hydroxyl groups is 1. The molecule has 0 fully saturated rings. The normalized spacial score (nSPS) is 10.2. The highest BCUT2D eigenvalue weighted by atomic mass is 16.4. The number of nitrogens with zero attached hydrogens (tertiary/aromatic N) is 2. The average Bonchev–Trinajstić information content (AvgIpc) is 2.35. The van der Waals surface area contributed by atoms with Crippen LogP contribution in [0.25, 0.3) is 0 Å². The van der Waals surface area contributed by atoms with Gasteiger partial charge in [0.15, 0.2) is 5.75 Å². The van der Waals surface area contributed by atoms with E-state index in [1.165, 1.54) is 6.07 Å². The van der Waals surface area contributed by atoms with Crippen molar-refractivity contribution in [3.63, 3.8) is 0 Å². The van der Waals surface area contributed by atoms with E-state index in [9.17, 15) is 4.79 Å². The van der Waals surface area contributed by atoms with Crippen molar-refractivity contribution in [1.82, 2.24) is 4.98 Å². The molecule has 0 unspecified atom stereocenters. The Morgan fingerprint density at radius 1 is 1.41 bits per heavy atom. The molecular formula is C12H12N2O3. The van der Waals surface area contributed by atoms with Crippen LogP contribution in [0.1, 0.15) is 5.76 Å². The topological polar surface area (TPSA) is 66.6 Å². The van der Waals surface area contributed by atoms with E-state index in [2.05, 4.69) is 4.98 Å². The number of hydrogen-bond acceptors (Lipinski definition) is 5. The van der Waals surface area contributed by atoms with Gasteiger partial charge < -0.3 is 14.4 Å². The van der Waals surface area contributed by atoms with Gasteiger partial charge in [-0.05, 0) is 12.1 Å². The van der Waals surface area contributed by atoms with E-state index < -0.39 is 5.43 Å². The van der Waals surface area contributed by atoms with E-state index in [-0.39, 0.29) is 5.75 Å². The molecule has 2 aromatic rings. The van der Waals surface area contributed by atoms with E-state index in [4.69, 9.17) is 9.52 Å². The summed E-state index contributed by atoms with van der Waals surface area (Å²) in [4.78, 5) is 17.1. The molecule has 88 valence electrons. The average molecular weight is 232 g/mol. The molecule has 2 heterocycles. The molecule has 2 rings (SSSR count). The molecule has 17 heavy (non-hydrogen) atoms. The van der Waals surface area contributed by atoms with Crippen LogP contribution in [-0.2, 0) is 6.54 Å². The summed E-state index contributed by atoms with van der Waals surface area (Å²) in [5.41, 5.74) is 0.533. The molecule has 0 aliphatic rings. The minimum absolute atomic E-state index is 0.375. The van der Waals surface area contributed by atoms with Crippen molar-refractivity contribution >= 4 is 5.69 Å². The first-order valence-corrected chi connectivity index (χ1v) is 5.08. The Kier molecular flexibility index (Phi) is 3.09. The predicted molar refractivity (Wildman–Crippen MR) is 63.0 cm³/mol. The molecule has 0 aliphatic carbocycles. The van der Waals surface area contributed by atoms with Gasteiger partial charge in [-0.2, -0.15) is 0 Å². The number of hydrogen-bond donors (Lipinski definition) is 1. The highest BCUT2D eigenvalue weighted by Gasteiger charge is 2.06. The second kappa shape index (κ2) is 4.69. The van der Waals surface area contributed by atoms with Crippen molar-refractivity contribution in [1.29, 1.82) is 0 Å². The van der Waals surface area contributed by atoms with Gasteiger partial charge in [0.2, 0.25) is 5.43 Å². The molecule has 5 heteroatoms. The van der Waals surface area contributed by atoms with E-state index in [0.717, 1.165) is 12.0 Å². The molecular weight excluding hydrogens is 220 g/mol. The fourth-order valence-corrected chi connectivity index (χ4v) is 1.45. The van der Waals surface area contributed by atoms with Crippen molar-refractivity contribution in [2.45, 2.75) is 6.54 Å². The maximum Gasteiger partial charge on any atom is 0.226 e. The molecule has 0 aliphatic heterocycles. The van der Waals surface area contributed by atoms with E-state index in [1.807, 2.05) is 24.1 Å². The summed E-state index contributed by atoms with van der Waals surface area (Å²) in [5.74, 6) is 0.118. The zero-order valence-electron chi connectivity index (χ0n) is 9.33. The molecule has 0 amide bonds. The molecule has 0 aromatic carbocycles. The number of anilines is 1. The smallest absolute Gasteiger partial charge is 0.226 e. The van der Waals surface area contributed by atoms with Gasteiger partial charge in [0.1, 0.15) is 12.0 Å². The Balaban J connectivity index is 2.16. The lowest BCUT2D eigenvalue weighted by Crippen LogP contribution is -2.17. The zero-order chi connectivity index (χ0) is 12.3. The van der Waals surface area contributed by atoms with Crippen LogP contribution in [0.4, 0.5) is 5.69 Å². The number of pyridine rings is 1. The first-order chi connectivity index (χ1) is 8.16. The van der Waals surface area contributed by atoms with Gasteiger partial charge in [-0.1, -0.05) is 0 Å². The lowest BCUT2D eigenvalue weighted by Gasteiger charge is -2.17. The van der Waals surface area contributed by atoms with Crippen LogP contribution in [0, 0.1) is 0 Å². The fraction of sp³-hybridized carbons (Fsp3) is 0.167. The van der Waals surface area contributed by atoms with Crippen molar-refractivity contribution in [3.8, 4) is 5.75 Å². The minimum atomic E-state index is -0.436. The Labute approximate surface area is 98.0 Å². The third-order valence-corrected chi connectivity index (χ3v) is 2.36. The Hall–Kier alpha value is -2.30. The number of rotatable bonds is 3. The molecule has 0 saturated heterocycles. The van der Waals surface area contributed by atoms with Crippen LogP contribution in [0.5, 0.6) is 5.75 Å². The van der Waals surface area contributed by atoms with Gasteiger partial charge in [0.25, 0.3) is 0 Å². The van der Waals surface area contributed by atoms with E-state index in [1.54, 1.807) is 12.4 Å². The van der Waals surface area contributed by atoms with Crippen LogP contribution in [0.2, 0.25) is 0 Å². The highest BCUT2D eigenvalue weighted by Crippen LogP contribution is 2.13. The van der Waals surface area contributed by atoms with Gasteiger partial charge in [0, 0.05) is 31.2 Å². The van der Waals surface area contributed by atoms with Gasteiger partial charge >= 0.3 is 0 Å². The van der Waals surface area contributed by atoms with Gasteiger partial charge in [0.05, 0.1) is 6.54 Å². The molecule has 5 nitrogen and oxygen atoms in total. The Bertz CT molecular complexity index is 551. The maximum absolute atomic E-state index is 11.2. The molecule has 2 aromatic heterocycles. The van der Waals surface area contributed by atoms with Crippen LogP contribution < -0.4 is 10.3 Å². The van der Waals surface area contributed by atoms with Crippen LogP contribution >= 0.6 is 0 Å².